The standard InChI is InChI=1S/C11H18ClNOS.ClH/c1-8(2)5-9(14)6-13-7-10-3-4-11(12)15-10;/h3-4,8-9,13-14H,5-7H2,1-2H3;1H. The van der Waals surface area contributed by atoms with Gasteiger partial charge in [0.05, 0.1) is 10.4 Å². The highest BCUT2D eigenvalue weighted by Gasteiger charge is 2.06. The van der Waals surface area contributed by atoms with Crippen LogP contribution in [-0.2, 0) is 6.54 Å². The Kier molecular flexibility index (Phi) is 8.42. The van der Waals surface area contributed by atoms with Crippen LogP contribution in [0.2, 0.25) is 4.34 Å². The first-order valence-corrected chi connectivity index (χ1v) is 6.40. The van der Waals surface area contributed by atoms with E-state index in [2.05, 4.69) is 19.2 Å². The van der Waals surface area contributed by atoms with Gasteiger partial charge in [0.25, 0.3) is 0 Å². The van der Waals surface area contributed by atoms with Gasteiger partial charge >= 0.3 is 0 Å². The fraction of sp³-hybridized carbons (Fsp3) is 0.636. The maximum absolute atomic E-state index is 9.62. The summed E-state index contributed by atoms with van der Waals surface area (Å²) in [6.45, 7) is 5.66. The summed E-state index contributed by atoms with van der Waals surface area (Å²) >= 11 is 7.39. The molecule has 0 aliphatic rings. The lowest BCUT2D eigenvalue weighted by atomic mass is 10.1. The highest BCUT2D eigenvalue weighted by atomic mass is 35.5. The zero-order chi connectivity index (χ0) is 11.3. The summed E-state index contributed by atoms with van der Waals surface area (Å²) in [5.74, 6) is 0.540. The van der Waals surface area contributed by atoms with Crippen molar-refractivity contribution in [1.29, 1.82) is 0 Å². The van der Waals surface area contributed by atoms with Crippen molar-refractivity contribution >= 4 is 35.3 Å². The van der Waals surface area contributed by atoms with E-state index < -0.39 is 0 Å². The van der Waals surface area contributed by atoms with Crippen LogP contribution < -0.4 is 5.32 Å². The van der Waals surface area contributed by atoms with Gasteiger partial charge in [0, 0.05) is 18.0 Å². The number of hydrogen-bond donors (Lipinski definition) is 2. The molecule has 1 aromatic rings. The molecule has 1 aromatic heterocycles. The molecule has 2 nitrogen and oxygen atoms in total. The third-order valence-corrected chi connectivity index (χ3v) is 3.28. The monoisotopic (exact) mass is 283 g/mol. The van der Waals surface area contributed by atoms with Crippen LogP contribution in [0.3, 0.4) is 0 Å². The zero-order valence-corrected chi connectivity index (χ0v) is 12.0. The number of hydrogen-bond acceptors (Lipinski definition) is 3. The van der Waals surface area contributed by atoms with Gasteiger partial charge < -0.3 is 10.4 Å². The van der Waals surface area contributed by atoms with E-state index in [0.29, 0.717) is 12.5 Å². The van der Waals surface area contributed by atoms with Crippen molar-refractivity contribution in [3.8, 4) is 0 Å². The van der Waals surface area contributed by atoms with E-state index in [4.69, 9.17) is 11.6 Å². The number of aliphatic hydroxyl groups excluding tert-OH is 1. The maximum atomic E-state index is 9.62. The van der Waals surface area contributed by atoms with Crippen LogP contribution in [0.1, 0.15) is 25.1 Å². The topological polar surface area (TPSA) is 32.3 Å². The molecule has 0 saturated carbocycles. The molecule has 0 fully saturated rings. The Labute approximate surface area is 112 Å². The Morgan fingerprint density at radius 2 is 2.12 bits per heavy atom. The summed E-state index contributed by atoms with van der Waals surface area (Å²) < 4.78 is 0.814. The number of rotatable bonds is 6. The fourth-order valence-corrected chi connectivity index (χ4v) is 2.49. The third-order valence-electron chi connectivity index (χ3n) is 2.05. The lowest BCUT2D eigenvalue weighted by molar-refractivity contribution is 0.146. The van der Waals surface area contributed by atoms with Crippen molar-refractivity contribution < 1.29 is 5.11 Å². The fourth-order valence-electron chi connectivity index (χ4n) is 1.44. The Morgan fingerprint density at radius 1 is 1.44 bits per heavy atom. The average Bonchev–Trinajstić information content (AvgIpc) is 2.50. The highest BCUT2D eigenvalue weighted by Crippen LogP contribution is 2.20. The van der Waals surface area contributed by atoms with Crippen LogP contribution in [-0.4, -0.2) is 17.8 Å². The molecule has 94 valence electrons. The Bertz CT molecular complexity index is 291. The molecule has 0 radical (unpaired) electrons. The molecule has 0 aliphatic heterocycles. The minimum absolute atomic E-state index is 0. The molecule has 0 saturated heterocycles. The van der Waals surface area contributed by atoms with E-state index >= 15 is 0 Å². The van der Waals surface area contributed by atoms with Crippen molar-refractivity contribution in [2.24, 2.45) is 5.92 Å². The van der Waals surface area contributed by atoms with Crippen LogP contribution in [0.25, 0.3) is 0 Å². The third kappa shape index (κ3) is 6.71. The SMILES string of the molecule is CC(C)CC(O)CNCc1ccc(Cl)s1.Cl. The van der Waals surface area contributed by atoms with Gasteiger partial charge in [-0.25, -0.2) is 0 Å². The lowest BCUT2D eigenvalue weighted by Crippen LogP contribution is -2.27. The molecule has 2 N–H and O–H groups in total. The predicted octanol–water partition coefficient (Wildman–Crippen LogP) is 3.32. The number of halogens is 2. The molecule has 16 heavy (non-hydrogen) atoms. The summed E-state index contributed by atoms with van der Waals surface area (Å²) in [4.78, 5) is 1.21. The van der Waals surface area contributed by atoms with Crippen LogP contribution in [0.4, 0.5) is 0 Å². The minimum Gasteiger partial charge on any atom is -0.392 e. The van der Waals surface area contributed by atoms with Gasteiger partial charge in [-0.1, -0.05) is 25.4 Å². The molecule has 5 heteroatoms. The molecule has 0 aromatic carbocycles. The highest BCUT2D eigenvalue weighted by molar-refractivity contribution is 7.16. The largest absolute Gasteiger partial charge is 0.392 e. The molecule has 0 aliphatic carbocycles. The smallest absolute Gasteiger partial charge is 0.0931 e. The average molecular weight is 284 g/mol. The number of thiophene rings is 1. The molecule has 1 atom stereocenters. The molecular weight excluding hydrogens is 265 g/mol. The summed E-state index contributed by atoms with van der Waals surface area (Å²) in [6, 6.07) is 3.91. The van der Waals surface area contributed by atoms with Crippen LogP contribution in [0, 0.1) is 5.92 Å². The van der Waals surface area contributed by atoms with Gasteiger partial charge in [-0.05, 0) is 24.5 Å². The van der Waals surface area contributed by atoms with Crippen molar-refractivity contribution in [3.63, 3.8) is 0 Å². The van der Waals surface area contributed by atoms with E-state index in [0.717, 1.165) is 17.3 Å². The van der Waals surface area contributed by atoms with Gasteiger partial charge in [0.15, 0.2) is 0 Å². The number of nitrogens with one attached hydrogen (secondary N) is 1. The molecule has 1 unspecified atom stereocenters. The molecular formula is C11H19Cl2NOS. The normalized spacial score (nSPS) is 12.6. The summed E-state index contributed by atoms with van der Waals surface area (Å²) in [7, 11) is 0. The molecule has 0 amide bonds. The Hall–Kier alpha value is 0.200. The minimum atomic E-state index is -0.250. The summed E-state index contributed by atoms with van der Waals surface area (Å²) in [6.07, 6.45) is 0.596. The molecule has 1 heterocycles. The second-order valence-electron chi connectivity index (χ2n) is 4.12. The molecule has 1 rings (SSSR count). The first kappa shape index (κ1) is 16.2. The van der Waals surface area contributed by atoms with E-state index in [9.17, 15) is 5.11 Å². The van der Waals surface area contributed by atoms with Crippen LogP contribution >= 0.6 is 35.3 Å². The van der Waals surface area contributed by atoms with E-state index in [1.54, 1.807) is 11.3 Å². The van der Waals surface area contributed by atoms with Crippen molar-refractivity contribution in [3.05, 3.63) is 21.3 Å². The van der Waals surface area contributed by atoms with Gasteiger partial charge in [-0.15, -0.1) is 23.7 Å². The van der Waals surface area contributed by atoms with Gasteiger partial charge in [0.2, 0.25) is 0 Å². The first-order valence-electron chi connectivity index (χ1n) is 5.21. The second kappa shape index (κ2) is 8.31. The lowest BCUT2D eigenvalue weighted by Gasteiger charge is -2.13. The maximum Gasteiger partial charge on any atom is 0.0931 e. The van der Waals surface area contributed by atoms with Crippen molar-refractivity contribution in [2.45, 2.75) is 32.9 Å². The Balaban J connectivity index is 0.00000225. The quantitative estimate of drug-likeness (QED) is 0.840. The molecule has 0 spiro atoms. The first-order chi connectivity index (χ1) is 7.08. The van der Waals surface area contributed by atoms with Gasteiger partial charge in [0.1, 0.15) is 0 Å². The zero-order valence-electron chi connectivity index (χ0n) is 9.57. The van der Waals surface area contributed by atoms with E-state index in [1.807, 2.05) is 12.1 Å². The summed E-state index contributed by atoms with van der Waals surface area (Å²) in [5.41, 5.74) is 0. The summed E-state index contributed by atoms with van der Waals surface area (Å²) in [5, 5.41) is 12.8. The molecule has 0 bridgehead atoms. The number of aliphatic hydroxyl groups is 1. The van der Waals surface area contributed by atoms with Crippen LogP contribution in [0.5, 0.6) is 0 Å². The van der Waals surface area contributed by atoms with Gasteiger partial charge in [-0.2, -0.15) is 0 Å². The van der Waals surface area contributed by atoms with E-state index in [-0.39, 0.29) is 18.5 Å². The second-order valence-corrected chi connectivity index (χ2v) is 5.92. The van der Waals surface area contributed by atoms with E-state index in [1.165, 1.54) is 4.88 Å². The predicted molar refractivity (Wildman–Crippen MR) is 73.7 cm³/mol. The van der Waals surface area contributed by atoms with Crippen molar-refractivity contribution in [1.82, 2.24) is 5.32 Å². The van der Waals surface area contributed by atoms with Crippen molar-refractivity contribution in [2.75, 3.05) is 6.54 Å². The Morgan fingerprint density at radius 3 is 2.62 bits per heavy atom. The van der Waals surface area contributed by atoms with Crippen LogP contribution in [0.15, 0.2) is 12.1 Å². The van der Waals surface area contributed by atoms with Gasteiger partial charge in [-0.3, -0.25) is 0 Å².